The van der Waals surface area contributed by atoms with E-state index in [9.17, 15) is 9.90 Å². The van der Waals surface area contributed by atoms with Gasteiger partial charge in [-0.3, -0.25) is 0 Å². The van der Waals surface area contributed by atoms with E-state index >= 15 is 0 Å². The summed E-state index contributed by atoms with van der Waals surface area (Å²) >= 11 is 0. The molecule has 0 aliphatic carbocycles. The first kappa shape index (κ1) is 26.0. The van der Waals surface area contributed by atoms with Crippen LogP contribution in [0.3, 0.4) is 0 Å². The third-order valence-electron chi connectivity index (χ3n) is 5.06. The molecule has 0 aliphatic heterocycles. The standard InChI is InChI=1S/C28H31NO6/c1-32-18-17-29(35-26-11-7-4-8-12-26)20-24(30)21-34-25-15-13-22(14-16-25)19-27(28(31)33-2)23-9-5-3-6-10-23/h3-16,19,24,30H,17-18,20-21H2,1-2H3/b27-19+. The van der Waals surface area contributed by atoms with Crippen LogP contribution >= 0.6 is 0 Å². The predicted molar refractivity (Wildman–Crippen MR) is 135 cm³/mol. The highest BCUT2D eigenvalue weighted by Crippen LogP contribution is 2.21. The van der Waals surface area contributed by atoms with Gasteiger partial charge in [0.05, 0.1) is 32.4 Å². The highest BCUT2D eigenvalue weighted by Gasteiger charge is 2.15. The van der Waals surface area contributed by atoms with E-state index < -0.39 is 12.1 Å². The summed E-state index contributed by atoms with van der Waals surface area (Å²) in [7, 11) is 2.98. The molecule has 0 fully saturated rings. The van der Waals surface area contributed by atoms with Gasteiger partial charge in [-0.2, -0.15) is 0 Å². The summed E-state index contributed by atoms with van der Waals surface area (Å²) in [4.78, 5) is 18.1. The molecule has 1 atom stereocenters. The van der Waals surface area contributed by atoms with Crippen LogP contribution in [-0.2, 0) is 14.3 Å². The molecule has 1 N–H and O–H groups in total. The fourth-order valence-corrected chi connectivity index (χ4v) is 3.29. The largest absolute Gasteiger partial charge is 0.491 e. The van der Waals surface area contributed by atoms with E-state index in [0.717, 1.165) is 11.1 Å². The van der Waals surface area contributed by atoms with Crippen molar-refractivity contribution in [2.45, 2.75) is 6.10 Å². The van der Waals surface area contributed by atoms with Crippen LogP contribution in [0.25, 0.3) is 11.6 Å². The molecular formula is C28H31NO6. The third kappa shape index (κ3) is 8.57. The second-order valence-corrected chi connectivity index (χ2v) is 7.73. The quantitative estimate of drug-likeness (QED) is 0.172. The average molecular weight is 478 g/mol. The summed E-state index contributed by atoms with van der Waals surface area (Å²) in [6.45, 7) is 1.30. The molecule has 0 spiro atoms. The van der Waals surface area contributed by atoms with Crippen LogP contribution in [0, 0.1) is 0 Å². The lowest BCUT2D eigenvalue weighted by molar-refractivity contribution is -0.133. The van der Waals surface area contributed by atoms with Crippen molar-refractivity contribution in [3.05, 3.63) is 96.1 Å². The van der Waals surface area contributed by atoms with E-state index in [-0.39, 0.29) is 13.2 Å². The Kier molecular flexibility index (Phi) is 10.3. The number of aliphatic hydroxyl groups is 1. The van der Waals surface area contributed by atoms with Crippen molar-refractivity contribution < 1.29 is 28.9 Å². The lowest BCUT2D eigenvalue weighted by Crippen LogP contribution is -2.39. The van der Waals surface area contributed by atoms with Gasteiger partial charge in [0.15, 0.2) is 0 Å². The number of methoxy groups -OCH3 is 2. The molecule has 0 aliphatic rings. The van der Waals surface area contributed by atoms with Gasteiger partial charge in [-0.05, 0) is 41.5 Å². The molecule has 0 aromatic heterocycles. The van der Waals surface area contributed by atoms with E-state index in [1.54, 1.807) is 30.4 Å². The Morgan fingerprint density at radius 2 is 1.57 bits per heavy atom. The van der Waals surface area contributed by atoms with Crippen LogP contribution in [0.2, 0.25) is 0 Å². The molecule has 1 unspecified atom stereocenters. The zero-order valence-electron chi connectivity index (χ0n) is 20.0. The van der Waals surface area contributed by atoms with Crippen LogP contribution in [-0.4, -0.2) is 62.8 Å². The molecule has 0 bridgehead atoms. The van der Waals surface area contributed by atoms with Crippen LogP contribution in [0.4, 0.5) is 0 Å². The Labute approximate surface area is 206 Å². The minimum atomic E-state index is -0.779. The Balaban J connectivity index is 1.58. The van der Waals surface area contributed by atoms with Crippen molar-refractivity contribution in [3.63, 3.8) is 0 Å². The Morgan fingerprint density at radius 3 is 2.20 bits per heavy atom. The molecule has 3 aromatic rings. The fourth-order valence-electron chi connectivity index (χ4n) is 3.29. The molecule has 0 saturated carbocycles. The first-order valence-electron chi connectivity index (χ1n) is 11.3. The van der Waals surface area contributed by atoms with Gasteiger partial charge >= 0.3 is 5.97 Å². The van der Waals surface area contributed by atoms with Crippen molar-refractivity contribution in [1.29, 1.82) is 0 Å². The van der Waals surface area contributed by atoms with E-state index in [2.05, 4.69) is 0 Å². The Morgan fingerprint density at radius 1 is 0.914 bits per heavy atom. The SMILES string of the molecule is COCCN(CC(O)COc1ccc(/C=C(/C(=O)OC)c2ccccc2)cc1)Oc1ccccc1. The third-order valence-corrected chi connectivity index (χ3v) is 5.06. The number of ether oxygens (including phenoxy) is 3. The van der Waals surface area contributed by atoms with Crippen LogP contribution < -0.4 is 9.57 Å². The molecule has 35 heavy (non-hydrogen) atoms. The molecule has 7 heteroatoms. The highest BCUT2D eigenvalue weighted by molar-refractivity contribution is 6.21. The van der Waals surface area contributed by atoms with E-state index in [4.69, 9.17) is 19.0 Å². The number of benzene rings is 3. The minimum absolute atomic E-state index is 0.0915. The van der Waals surface area contributed by atoms with E-state index in [1.165, 1.54) is 7.11 Å². The number of esters is 1. The first-order valence-corrected chi connectivity index (χ1v) is 11.3. The topological polar surface area (TPSA) is 77.5 Å². The van der Waals surface area contributed by atoms with Crippen molar-refractivity contribution in [1.82, 2.24) is 5.06 Å². The van der Waals surface area contributed by atoms with Crippen LogP contribution in [0.15, 0.2) is 84.9 Å². The zero-order chi connectivity index (χ0) is 24.9. The number of nitrogens with zero attached hydrogens (tertiary/aromatic N) is 1. The van der Waals surface area contributed by atoms with Gasteiger partial charge in [0.2, 0.25) is 0 Å². The number of hydroxylamine groups is 2. The Hall–Kier alpha value is -3.65. The van der Waals surface area contributed by atoms with Crippen molar-refractivity contribution in [2.75, 3.05) is 40.5 Å². The lowest BCUT2D eigenvalue weighted by Gasteiger charge is -2.24. The normalized spacial score (nSPS) is 12.3. The summed E-state index contributed by atoms with van der Waals surface area (Å²) in [5.74, 6) is 0.880. The van der Waals surface area contributed by atoms with Crippen molar-refractivity contribution in [3.8, 4) is 11.5 Å². The summed E-state index contributed by atoms with van der Waals surface area (Å²) in [6.07, 6.45) is 0.994. The second-order valence-electron chi connectivity index (χ2n) is 7.73. The first-order chi connectivity index (χ1) is 17.1. The molecular weight excluding hydrogens is 446 g/mol. The molecule has 3 rings (SSSR count). The summed E-state index contributed by atoms with van der Waals surface area (Å²) in [5.41, 5.74) is 2.06. The summed E-state index contributed by atoms with van der Waals surface area (Å²) < 4.78 is 15.8. The van der Waals surface area contributed by atoms with Gasteiger partial charge in [-0.1, -0.05) is 60.7 Å². The molecule has 7 nitrogen and oxygen atoms in total. The maximum Gasteiger partial charge on any atom is 0.338 e. The number of para-hydroxylation sites is 1. The smallest absolute Gasteiger partial charge is 0.338 e. The Bertz CT molecular complexity index is 1050. The van der Waals surface area contributed by atoms with Crippen LogP contribution in [0.1, 0.15) is 11.1 Å². The molecule has 3 aromatic carbocycles. The number of rotatable bonds is 13. The number of carbonyl (C=O) groups is 1. The molecule has 0 heterocycles. The number of hydrogen-bond acceptors (Lipinski definition) is 7. The maximum absolute atomic E-state index is 12.3. The number of carbonyl (C=O) groups excluding carboxylic acids is 1. The lowest BCUT2D eigenvalue weighted by atomic mass is 10.0. The van der Waals surface area contributed by atoms with Crippen molar-refractivity contribution >= 4 is 17.6 Å². The van der Waals surface area contributed by atoms with Gasteiger partial charge in [-0.15, -0.1) is 5.06 Å². The minimum Gasteiger partial charge on any atom is -0.491 e. The monoisotopic (exact) mass is 477 g/mol. The van der Waals surface area contributed by atoms with Gasteiger partial charge in [-0.25, -0.2) is 4.79 Å². The molecule has 0 saturated heterocycles. The zero-order valence-corrected chi connectivity index (χ0v) is 20.0. The summed E-state index contributed by atoms with van der Waals surface area (Å²) in [6, 6.07) is 26.0. The predicted octanol–water partition coefficient (Wildman–Crippen LogP) is 4.08. The average Bonchev–Trinajstić information content (AvgIpc) is 2.90. The van der Waals surface area contributed by atoms with E-state index in [0.29, 0.717) is 30.2 Å². The van der Waals surface area contributed by atoms with Crippen LogP contribution in [0.5, 0.6) is 11.5 Å². The van der Waals surface area contributed by atoms with Gasteiger partial charge in [0.1, 0.15) is 24.2 Å². The molecule has 184 valence electrons. The fraction of sp³-hybridized carbons (Fsp3) is 0.250. The summed E-state index contributed by atoms with van der Waals surface area (Å²) in [5, 5.41) is 12.1. The second kappa shape index (κ2) is 13.9. The molecule has 0 amide bonds. The maximum atomic E-state index is 12.3. The molecule has 0 radical (unpaired) electrons. The van der Waals surface area contributed by atoms with Gasteiger partial charge in [0.25, 0.3) is 0 Å². The van der Waals surface area contributed by atoms with Gasteiger partial charge < -0.3 is 24.2 Å². The highest BCUT2D eigenvalue weighted by atomic mass is 16.7. The van der Waals surface area contributed by atoms with Crippen molar-refractivity contribution in [2.24, 2.45) is 0 Å². The number of hydrogen-bond donors (Lipinski definition) is 1. The van der Waals surface area contributed by atoms with Gasteiger partial charge in [0, 0.05) is 7.11 Å². The van der Waals surface area contributed by atoms with E-state index in [1.807, 2.05) is 72.8 Å². The number of aliphatic hydroxyl groups excluding tert-OH is 1.